The highest BCUT2D eigenvalue weighted by molar-refractivity contribution is 5.79. The first-order valence-electron chi connectivity index (χ1n) is 7.61. The minimum Gasteiger partial charge on any atom is -0.484 e. The van der Waals surface area contributed by atoms with Gasteiger partial charge in [-0.25, -0.2) is 4.99 Å². The molecule has 3 heteroatoms. The van der Waals surface area contributed by atoms with Gasteiger partial charge in [-0.05, 0) is 32.1 Å². The molecule has 0 heterocycles. The maximum Gasteiger partial charge on any atom is 0.189 e. The maximum absolute atomic E-state index is 5.39. The summed E-state index contributed by atoms with van der Waals surface area (Å²) >= 11 is 0. The van der Waals surface area contributed by atoms with Gasteiger partial charge in [-0.3, -0.25) is 0 Å². The molecule has 0 N–H and O–H groups in total. The fraction of sp³-hybridized carbons (Fsp3) is 0.588. The number of para-hydroxylation sites is 1. The van der Waals surface area contributed by atoms with Crippen LogP contribution in [0.1, 0.15) is 41.0 Å². The molecule has 0 aromatic heterocycles. The molecule has 0 amide bonds. The van der Waals surface area contributed by atoms with E-state index < -0.39 is 0 Å². The fourth-order valence-electron chi connectivity index (χ4n) is 2.05. The molecule has 0 radical (unpaired) electrons. The van der Waals surface area contributed by atoms with Crippen LogP contribution in [0, 0.1) is 0 Å². The van der Waals surface area contributed by atoms with E-state index in [0.29, 0.717) is 6.04 Å². The van der Waals surface area contributed by atoms with Crippen molar-refractivity contribution in [3.63, 3.8) is 0 Å². The van der Waals surface area contributed by atoms with E-state index >= 15 is 0 Å². The number of methoxy groups -OCH3 is 1. The monoisotopic (exact) mass is 278 g/mol. The number of rotatable bonds is 6. The predicted octanol–water partition coefficient (Wildman–Crippen LogP) is 4.51. The number of aliphatic imine (C=N–C) groups is 1. The molecule has 0 aliphatic carbocycles. The van der Waals surface area contributed by atoms with Gasteiger partial charge < -0.3 is 9.64 Å². The Bertz CT molecular complexity index is 359. The summed E-state index contributed by atoms with van der Waals surface area (Å²) in [5.41, 5.74) is 0.945. The lowest BCUT2D eigenvalue weighted by Gasteiger charge is -2.26. The van der Waals surface area contributed by atoms with Crippen LogP contribution in [-0.4, -0.2) is 37.0 Å². The second-order valence-electron chi connectivity index (χ2n) is 4.32. The molecular formula is C17H30N2O. The Balaban J connectivity index is 0.00000172. The molecule has 1 unspecified atom stereocenters. The average Bonchev–Trinajstić information content (AvgIpc) is 2.51. The van der Waals surface area contributed by atoms with Crippen molar-refractivity contribution >= 4 is 11.6 Å². The lowest BCUT2D eigenvalue weighted by atomic mass is 10.2. The van der Waals surface area contributed by atoms with E-state index in [9.17, 15) is 0 Å². The molecular weight excluding hydrogens is 248 g/mol. The van der Waals surface area contributed by atoms with Crippen molar-refractivity contribution in [2.45, 2.75) is 47.1 Å². The summed E-state index contributed by atoms with van der Waals surface area (Å²) in [5.74, 6) is 0.792. The zero-order valence-corrected chi connectivity index (χ0v) is 13.9. The van der Waals surface area contributed by atoms with Gasteiger partial charge in [-0.2, -0.15) is 0 Å². The molecule has 0 saturated carbocycles. The van der Waals surface area contributed by atoms with E-state index in [-0.39, 0.29) is 0 Å². The summed E-state index contributed by atoms with van der Waals surface area (Å²) < 4.78 is 5.39. The van der Waals surface area contributed by atoms with Crippen molar-refractivity contribution in [1.82, 2.24) is 4.90 Å². The molecule has 0 bridgehead atoms. The molecule has 0 aliphatic heterocycles. The van der Waals surface area contributed by atoms with E-state index in [0.717, 1.165) is 31.1 Å². The van der Waals surface area contributed by atoms with Crippen molar-refractivity contribution in [3.05, 3.63) is 30.3 Å². The Morgan fingerprint density at radius 3 is 2.15 bits per heavy atom. The quantitative estimate of drug-likeness (QED) is 0.565. The minimum absolute atomic E-state index is 0.447. The van der Waals surface area contributed by atoms with Crippen molar-refractivity contribution in [2.24, 2.45) is 4.99 Å². The number of nitrogens with zero attached hydrogens (tertiary/aromatic N) is 2. The van der Waals surface area contributed by atoms with Gasteiger partial charge in [0.05, 0.1) is 12.8 Å². The Labute approximate surface area is 124 Å². The summed E-state index contributed by atoms with van der Waals surface area (Å²) in [5, 5.41) is 0. The van der Waals surface area contributed by atoms with Crippen LogP contribution in [0.5, 0.6) is 0 Å². The topological polar surface area (TPSA) is 24.8 Å². The molecule has 0 fully saturated rings. The lowest BCUT2D eigenvalue weighted by Crippen LogP contribution is -2.34. The normalized spacial score (nSPS) is 12.7. The summed E-state index contributed by atoms with van der Waals surface area (Å²) in [7, 11) is 1.69. The van der Waals surface area contributed by atoms with E-state index in [4.69, 9.17) is 4.74 Å². The van der Waals surface area contributed by atoms with Crippen molar-refractivity contribution in [1.29, 1.82) is 0 Å². The van der Waals surface area contributed by atoms with Crippen LogP contribution in [0.15, 0.2) is 35.3 Å². The molecule has 114 valence electrons. The summed E-state index contributed by atoms with van der Waals surface area (Å²) in [6, 6.07) is 10.4. The number of benzene rings is 1. The molecule has 0 saturated heterocycles. The molecule has 20 heavy (non-hydrogen) atoms. The predicted molar refractivity (Wildman–Crippen MR) is 88.9 cm³/mol. The highest BCUT2D eigenvalue weighted by Gasteiger charge is 2.13. The Kier molecular flexibility index (Phi) is 10.7. The smallest absolute Gasteiger partial charge is 0.189 e. The Hall–Kier alpha value is -1.35. The van der Waals surface area contributed by atoms with Gasteiger partial charge >= 0.3 is 0 Å². The first kappa shape index (κ1) is 18.7. The van der Waals surface area contributed by atoms with Gasteiger partial charge in [-0.15, -0.1) is 0 Å². The number of hydrogen-bond donors (Lipinski definition) is 0. The third kappa shape index (κ3) is 6.71. The second-order valence-corrected chi connectivity index (χ2v) is 4.32. The number of ether oxygens (including phenoxy) is 1. The minimum atomic E-state index is 0.447. The number of hydrogen-bond acceptors (Lipinski definition) is 3. The van der Waals surface area contributed by atoms with Crippen molar-refractivity contribution in [2.75, 3.05) is 20.2 Å². The van der Waals surface area contributed by atoms with Crippen molar-refractivity contribution in [3.8, 4) is 0 Å². The van der Waals surface area contributed by atoms with Crippen LogP contribution < -0.4 is 0 Å². The first-order chi connectivity index (χ1) is 9.71. The highest BCUT2D eigenvalue weighted by Crippen LogP contribution is 2.13. The molecule has 1 rings (SSSR count). The van der Waals surface area contributed by atoms with Gasteiger partial charge in [0.1, 0.15) is 0 Å². The molecule has 1 aromatic rings. The lowest BCUT2D eigenvalue weighted by molar-refractivity contribution is 0.227. The van der Waals surface area contributed by atoms with Gasteiger partial charge in [0, 0.05) is 12.5 Å². The zero-order chi connectivity index (χ0) is 15.4. The van der Waals surface area contributed by atoms with Crippen LogP contribution in [0.4, 0.5) is 5.69 Å². The zero-order valence-electron chi connectivity index (χ0n) is 13.9. The van der Waals surface area contributed by atoms with Crippen LogP contribution in [0.2, 0.25) is 0 Å². The molecule has 0 spiro atoms. The van der Waals surface area contributed by atoms with Crippen LogP contribution in [-0.2, 0) is 4.74 Å². The summed E-state index contributed by atoms with van der Waals surface area (Å²) in [6.07, 6.45) is 0.840. The Morgan fingerprint density at radius 1 is 1.15 bits per heavy atom. The largest absolute Gasteiger partial charge is 0.484 e. The van der Waals surface area contributed by atoms with Crippen LogP contribution in [0.25, 0.3) is 0 Å². The van der Waals surface area contributed by atoms with E-state index in [1.54, 1.807) is 7.11 Å². The van der Waals surface area contributed by atoms with Gasteiger partial charge in [0.2, 0.25) is 0 Å². The third-order valence-electron chi connectivity index (χ3n) is 3.15. The summed E-state index contributed by atoms with van der Waals surface area (Å²) in [6.45, 7) is 12.7. The van der Waals surface area contributed by atoms with Gasteiger partial charge in [-0.1, -0.05) is 45.9 Å². The molecule has 0 aliphatic rings. The van der Waals surface area contributed by atoms with Gasteiger partial charge in [0.15, 0.2) is 5.90 Å². The first-order valence-corrected chi connectivity index (χ1v) is 7.61. The van der Waals surface area contributed by atoms with E-state index in [1.807, 2.05) is 44.2 Å². The Morgan fingerprint density at radius 2 is 1.70 bits per heavy atom. The summed E-state index contributed by atoms with van der Waals surface area (Å²) in [4.78, 5) is 6.94. The second kappa shape index (κ2) is 11.5. The van der Waals surface area contributed by atoms with Gasteiger partial charge in [0.25, 0.3) is 0 Å². The fourth-order valence-corrected chi connectivity index (χ4v) is 2.05. The average molecular weight is 278 g/mol. The highest BCUT2D eigenvalue weighted by atomic mass is 16.5. The van der Waals surface area contributed by atoms with E-state index in [1.165, 1.54) is 0 Å². The van der Waals surface area contributed by atoms with Crippen LogP contribution >= 0.6 is 0 Å². The van der Waals surface area contributed by atoms with E-state index in [2.05, 4.69) is 30.7 Å². The maximum atomic E-state index is 5.39. The standard InChI is InChI=1S/C15H24N2O.C2H6/c1-5-17(6-2)13(3)12-15(18-4)16-14-10-8-7-9-11-14;1-2/h7-11,13H,5-6,12H2,1-4H3;1-2H3. The molecule has 3 nitrogen and oxygen atoms in total. The molecule has 1 atom stereocenters. The van der Waals surface area contributed by atoms with Crippen LogP contribution in [0.3, 0.4) is 0 Å². The third-order valence-corrected chi connectivity index (χ3v) is 3.15. The SMILES string of the molecule is CC.CCN(CC)C(C)CC(=Nc1ccccc1)OC. The van der Waals surface area contributed by atoms with Crippen molar-refractivity contribution < 1.29 is 4.74 Å². The molecule has 1 aromatic carbocycles.